The van der Waals surface area contributed by atoms with E-state index in [9.17, 15) is 18.0 Å². The zero-order valence-electron chi connectivity index (χ0n) is 17.1. The fourth-order valence-corrected chi connectivity index (χ4v) is 4.28. The number of carbonyl (C=O) groups is 1. The summed E-state index contributed by atoms with van der Waals surface area (Å²) in [5.74, 6) is 0.480. The first-order chi connectivity index (χ1) is 15.4. The van der Waals surface area contributed by atoms with Crippen molar-refractivity contribution in [3.8, 4) is 11.3 Å². The van der Waals surface area contributed by atoms with Crippen LogP contribution in [-0.2, 0) is 12.7 Å². The number of fused-ring (bicyclic) bond motifs is 4. The van der Waals surface area contributed by atoms with Crippen LogP contribution < -0.4 is 15.1 Å². The molecule has 0 spiro atoms. The van der Waals surface area contributed by atoms with Crippen LogP contribution in [0.5, 0.6) is 0 Å². The second kappa shape index (κ2) is 7.85. The van der Waals surface area contributed by atoms with Gasteiger partial charge >= 0.3 is 12.2 Å². The first kappa shape index (κ1) is 20.3. The molecular formula is C22H21F3N6O. The van der Waals surface area contributed by atoms with Gasteiger partial charge in [-0.05, 0) is 30.7 Å². The van der Waals surface area contributed by atoms with Gasteiger partial charge in [0, 0.05) is 44.1 Å². The molecule has 0 aliphatic carbocycles. The van der Waals surface area contributed by atoms with Crippen molar-refractivity contribution in [3.05, 3.63) is 60.7 Å². The average molecular weight is 442 g/mol. The van der Waals surface area contributed by atoms with Crippen molar-refractivity contribution < 1.29 is 18.0 Å². The molecule has 166 valence electrons. The number of rotatable bonds is 4. The van der Waals surface area contributed by atoms with Crippen LogP contribution in [0, 0.1) is 0 Å². The van der Waals surface area contributed by atoms with Crippen LogP contribution in [0.25, 0.3) is 11.3 Å². The van der Waals surface area contributed by atoms with E-state index in [0.717, 1.165) is 30.8 Å². The monoisotopic (exact) mass is 442 g/mol. The lowest BCUT2D eigenvalue weighted by Crippen LogP contribution is -2.51. The normalized spacial score (nSPS) is 17.4. The van der Waals surface area contributed by atoms with Crippen LogP contribution in [0.4, 0.5) is 29.5 Å². The molecule has 1 saturated heterocycles. The van der Waals surface area contributed by atoms with Gasteiger partial charge in [0.15, 0.2) is 5.82 Å². The molecule has 2 aliphatic heterocycles. The smallest absolute Gasteiger partial charge is 0.366 e. The SMILES string of the molecule is O=C(NCCn1ccnc1)N1c2nc(-c3cccc(C(F)(F)F)c3)ccc2N2CC[C@H]1C2. The van der Waals surface area contributed by atoms with Gasteiger partial charge in [-0.15, -0.1) is 0 Å². The number of nitrogens with one attached hydrogen (secondary N) is 1. The minimum absolute atomic E-state index is 0.0278. The molecule has 1 fully saturated rings. The summed E-state index contributed by atoms with van der Waals surface area (Å²) in [6.45, 7) is 2.53. The molecule has 10 heteroatoms. The maximum Gasteiger partial charge on any atom is 0.416 e. The van der Waals surface area contributed by atoms with E-state index in [4.69, 9.17) is 0 Å². The Balaban J connectivity index is 1.43. The number of carbonyl (C=O) groups excluding carboxylic acids is 1. The van der Waals surface area contributed by atoms with Crippen LogP contribution in [0.15, 0.2) is 55.1 Å². The van der Waals surface area contributed by atoms with Crippen molar-refractivity contribution in [2.75, 3.05) is 29.4 Å². The summed E-state index contributed by atoms with van der Waals surface area (Å²) in [4.78, 5) is 25.5. The van der Waals surface area contributed by atoms with Gasteiger partial charge in [0.05, 0.1) is 29.3 Å². The van der Waals surface area contributed by atoms with Crippen LogP contribution in [-0.4, -0.2) is 46.2 Å². The molecule has 2 aliphatic rings. The van der Waals surface area contributed by atoms with Crippen LogP contribution in [0.3, 0.4) is 0 Å². The largest absolute Gasteiger partial charge is 0.416 e. The number of imidazole rings is 1. The number of urea groups is 1. The second-order valence-electron chi connectivity index (χ2n) is 7.91. The maximum atomic E-state index is 13.2. The van der Waals surface area contributed by atoms with Crippen molar-refractivity contribution in [2.24, 2.45) is 0 Å². The van der Waals surface area contributed by atoms with E-state index in [1.807, 2.05) is 16.8 Å². The Morgan fingerprint density at radius 1 is 1.22 bits per heavy atom. The minimum Gasteiger partial charge on any atom is -0.366 e. The molecule has 5 rings (SSSR count). The van der Waals surface area contributed by atoms with Gasteiger partial charge in [-0.2, -0.15) is 13.2 Å². The maximum absolute atomic E-state index is 13.2. The third kappa shape index (κ3) is 3.76. The van der Waals surface area contributed by atoms with Crippen molar-refractivity contribution in [2.45, 2.75) is 25.2 Å². The molecule has 2 bridgehead atoms. The van der Waals surface area contributed by atoms with E-state index in [1.165, 1.54) is 6.07 Å². The summed E-state index contributed by atoms with van der Waals surface area (Å²) in [6, 6.07) is 8.35. The van der Waals surface area contributed by atoms with Crippen molar-refractivity contribution >= 4 is 17.5 Å². The molecular weight excluding hydrogens is 421 g/mol. The first-order valence-corrected chi connectivity index (χ1v) is 10.4. The fourth-order valence-electron chi connectivity index (χ4n) is 4.28. The number of halogens is 3. The van der Waals surface area contributed by atoms with E-state index in [-0.39, 0.29) is 12.1 Å². The zero-order chi connectivity index (χ0) is 22.3. The van der Waals surface area contributed by atoms with E-state index in [1.54, 1.807) is 29.6 Å². The highest BCUT2D eigenvalue weighted by Crippen LogP contribution is 2.40. The number of anilines is 2. The minimum atomic E-state index is -4.43. The summed E-state index contributed by atoms with van der Waals surface area (Å²) in [6.07, 6.45) is 1.55. The molecule has 2 aromatic heterocycles. The molecule has 32 heavy (non-hydrogen) atoms. The molecule has 3 aromatic rings. The van der Waals surface area contributed by atoms with Crippen LogP contribution >= 0.6 is 0 Å². The Morgan fingerprint density at radius 3 is 2.88 bits per heavy atom. The first-order valence-electron chi connectivity index (χ1n) is 10.4. The van der Waals surface area contributed by atoms with E-state index >= 15 is 0 Å². The van der Waals surface area contributed by atoms with Gasteiger partial charge in [-0.3, -0.25) is 4.90 Å². The number of benzene rings is 1. The summed E-state index contributed by atoms with van der Waals surface area (Å²) in [7, 11) is 0. The number of nitrogens with zero attached hydrogens (tertiary/aromatic N) is 5. The van der Waals surface area contributed by atoms with Crippen LogP contribution in [0.2, 0.25) is 0 Å². The lowest BCUT2D eigenvalue weighted by atomic mass is 10.1. The highest BCUT2D eigenvalue weighted by Gasteiger charge is 2.40. The van der Waals surface area contributed by atoms with Gasteiger partial charge in [0.2, 0.25) is 0 Å². The zero-order valence-corrected chi connectivity index (χ0v) is 17.1. The average Bonchev–Trinajstić information content (AvgIpc) is 3.44. The Bertz CT molecular complexity index is 1130. The molecule has 0 unspecified atom stereocenters. The summed E-state index contributed by atoms with van der Waals surface area (Å²) in [5.41, 5.74) is 0.844. The number of hydrogen-bond acceptors (Lipinski definition) is 4. The number of aromatic nitrogens is 3. The van der Waals surface area contributed by atoms with E-state index < -0.39 is 11.7 Å². The van der Waals surface area contributed by atoms with Crippen LogP contribution in [0.1, 0.15) is 12.0 Å². The Morgan fingerprint density at radius 2 is 2.09 bits per heavy atom. The molecule has 1 atom stereocenters. The number of hydrogen-bond donors (Lipinski definition) is 1. The van der Waals surface area contributed by atoms with Gasteiger partial charge in [0.1, 0.15) is 0 Å². The van der Waals surface area contributed by atoms with Gasteiger partial charge < -0.3 is 14.8 Å². The molecule has 4 heterocycles. The Kier molecular flexibility index (Phi) is 4.99. The number of alkyl halides is 3. The molecule has 0 saturated carbocycles. The molecule has 0 radical (unpaired) electrons. The Hall–Kier alpha value is -3.56. The molecule has 1 N–H and O–H groups in total. The van der Waals surface area contributed by atoms with Crippen molar-refractivity contribution in [3.63, 3.8) is 0 Å². The van der Waals surface area contributed by atoms with E-state index in [2.05, 4.69) is 20.2 Å². The lowest BCUT2D eigenvalue weighted by Gasteiger charge is -2.36. The van der Waals surface area contributed by atoms with Crippen molar-refractivity contribution in [1.29, 1.82) is 0 Å². The third-order valence-corrected chi connectivity index (χ3v) is 5.86. The second-order valence-corrected chi connectivity index (χ2v) is 7.91. The Labute approximate surface area is 182 Å². The molecule has 2 amide bonds. The third-order valence-electron chi connectivity index (χ3n) is 5.86. The lowest BCUT2D eigenvalue weighted by molar-refractivity contribution is -0.137. The van der Waals surface area contributed by atoms with Gasteiger partial charge in [-0.1, -0.05) is 12.1 Å². The predicted octanol–water partition coefficient (Wildman–Crippen LogP) is 3.77. The predicted molar refractivity (Wildman–Crippen MR) is 113 cm³/mol. The quantitative estimate of drug-likeness (QED) is 0.668. The highest BCUT2D eigenvalue weighted by molar-refractivity contribution is 5.97. The highest BCUT2D eigenvalue weighted by atomic mass is 19.4. The summed E-state index contributed by atoms with van der Waals surface area (Å²) >= 11 is 0. The van der Waals surface area contributed by atoms with Gasteiger partial charge in [0.25, 0.3) is 0 Å². The topological polar surface area (TPSA) is 66.3 Å². The van der Waals surface area contributed by atoms with Crippen molar-refractivity contribution in [1.82, 2.24) is 19.9 Å². The summed E-state index contributed by atoms with van der Waals surface area (Å²) in [5, 5.41) is 2.93. The molecule has 1 aromatic carbocycles. The van der Waals surface area contributed by atoms with E-state index in [0.29, 0.717) is 36.7 Å². The fraction of sp³-hybridized carbons (Fsp3) is 0.318. The van der Waals surface area contributed by atoms with Gasteiger partial charge in [-0.25, -0.2) is 14.8 Å². The number of pyridine rings is 1. The molecule has 7 nitrogen and oxygen atoms in total. The standard InChI is InChI=1S/C22H21F3N6O/c23-22(24,25)16-3-1-2-15(12-16)18-4-5-19-20(28-18)31(17-6-9-30(19)13-17)21(32)27-8-11-29-10-7-26-14-29/h1-5,7,10,12,14,17H,6,8-9,11,13H2,(H,27,32)/t17-/m0/s1. The summed E-state index contributed by atoms with van der Waals surface area (Å²) < 4.78 is 41.4. The number of amides is 2.